The Bertz CT molecular complexity index is 420. The number of fused-ring (bicyclic) bond motifs is 1. The van der Waals surface area contributed by atoms with Crippen LogP contribution in [0, 0.1) is 5.92 Å². The summed E-state index contributed by atoms with van der Waals surface area (Å²) < 4.78 is 0. The van der Waals surface area contributed by atoms with Gasteiger partial charge in [-0.1, -0.05) is 6.42 Å². The van der Waals surface area contributed by atoms with Crippen LogP contribution in [0.5, 0.6) is 0 Å². The van der Waals surface area contributed by atoms with Crippen LogP contribution in [0.4, 0.5) is 0 Å². The Morgan fingerprint density at radius 2 is 1.68 bits per heavy atom. The number of piperidine rings is 1. The number of likely N-dealkylation sites (tertiary alicyclic amines) is 3. The molecule has 2 atom stereocenters. The van der Waals surface area contributed by atoms with E-state index in [4.69, 9.17) is 0 Å². The van der Waals surface area contributed by atoms with Gasteiger partial charge in [0.15, 0.2) is 0 Å². The van der Waals surface area contributed by atoms with Crippen LogP contribution in [0.25, 0.3) is 0 Å². The molecule has 0 spiro atoms. The van der Waals surface area contributed by atoms with E-state index < -0.39 is 0 Å². The fourth-order valence-corrected chi connectivity index (χ4v) is 4.42. The summed E-state index contributed by atoms with van der Waals surface area (Å²) in [7, 11) is 0. The van der Waals surface area contributed by atoms with Gasteiger partial charge in [-0.05, 0) is 51.1 Å². The maximum atomic E-state index is 12.5. The summed E-state index contributed by atoms with van der Waals surface area (Å²) in [6.45, 7) is 6.99. The van der Waals surface area contributed by atoms with Crippen LogP contribution in [0.3, 0.4) is 0 Å². The Labute approximate surface area is 133 Å². The lowest BCUT2D eigenvalue weighted by atomic mass is 9.88. The van der Waals surface area contributed by atoms with Crippen molar-refractivity contribution in [1.82, 2.24) is 14.7 Å². The highest BCUT2D eigenvalue weighted by atomic mass is 16.2. The van der Waals surface area contributed by atoms with Gasteiger partial charge in [-0.15, -0.1) is 0 Å². The van der Waals surface area contributed by atoms with Crippen LogP contribution >= 0.6 is 0 Å². The minimum Gasteiger partial charge on any atom is -0.341 e. The van der Waals surface area contributed by atoms with Crippen molar-refractivity contribution in [3.8, 4) is 0 Å². The minimum absolute atomic E-state index is 0.203. The molecule has 0 unspecified atom stereocenters. The maximum Gasteiger partial charge on any atom is 0.236 e. The Morgan fingerprint density at radius 3 is 2.41 bits per heavy atom. The number of rotatable bonds is 2. The van der Waals surface area contributed by atoms with Gasteiger partial charge in [0, 0.05) is 32.6 Å². The van der Waals surface area contributed by atoms with Crippen molar-refractivity contribution in [2.24, 2.45) is 5.92 Å². The molecule has 0 aromatic heterocycles. The molecule has 3 heterocycles. The van der Waals surface area contributed by atoms with Gasteiger partial charge in [-0.3, -0.25) is 14.5 Å². The van der Waals surface area contributed by atoms with E-state index in [2.05, 4.69) is 14.7 Å². The molecule has 3 aliphatic heterocycles. The van der Waals surface area contributed by atoms with Crippen molar-refractivity contribution in [2.45, 2.75) is 51.5 Å². The molecule has 3 fully saturated rings. The van der Waals surface area contributed by atoms with Gasteiger partial charge >= 0.3 is 0 Å². The lowest BCUT2D eigenvalue weighted by Gasteiger charge is -2.42. The Hall–Kier alpha value is -1.10. The first-order valence-electron chi connectivity index (χ1n) is 8.92. The molecular weight excluding hydrogens is 278 g/mol. The molecular formula is C17H29N3O2. The molecule has 22 heavy (non-hydrogen) atoms. The van der Waals surface area contributed by atoms with Crippen LogP contribution < -0.4 is 0 Å². The first kappa shape index (κ1) is 15.8. The summed E-state index contributed by atoms with van der Waals surface area (Å²) >= 11 is 0. The van der Waals surface area contributed by atoms with Crippen molar-refractivity contribution in [3.63, 3.8) is 0 Å². The Morgan fingerprint density at radius 1 is 0.955 bits per heavy atom. The normalized spacial score (nSPS) is 30.0. The van der Waals surface area contributed by atoms with Crippen molar-refractivity contribution < 1.29 is 9.59 Å². The van der Waals surface area contributed by atoms with E-state index in [-0.39, 0.29) is 5.91 Å². The van der Waals surface area contributed by atoms with Crippen LogP contribution in [-0.2, 0) is 9.59 Å². The molecule has 0 N–H and O–H groups in total. The van der Waals surface area contributed by atoms with E-state index in [9.17, 15) is 9.59 Å². The van der Waals surface area contributed by atoms with E-state index >= 15 is 0 Å². The second kappa shape index (κ2) is 6.99. The molecule has 0 saturated carbocycles. The molecule has 0 aromatic rings. The molecule has 0 bridgehead atoms. The molecule has 0 aliphatic carbocycles. The lowest BCUT2D eigenvalue weighted by molar-refractivity contribution is -0.138. The SMILES string of the molecule is CC(=O)N1CCCC[C@H]2CN(C(=O)CN3CCCC3)CC[C@H]21. The van der Waals surface area contributed by atoms with Gasteiger partial charge in [0.2, 0.25) is 11.8 Å². The molecule has 0 aromatic carbocycles. The summed E-state index contributed by atoms with van der Waals surface area (Å²) in [4.78, 5) is 30.8. The zero-order valence-corrected chi connectivity index (χ0v) is 13.8. The molecule has 3 rings (SSSR count). The van der Waals surface area contributed by atoms with Gasteiger partial charge in [0.25, 0.3) is 0 Å². The van der Waals surface area contributed by atoms with Crippen LogP contribution in [0.15, 0.2) is 0 Å². The van der Waals surface area contributed by atoms with Gasteiger partial charge in [-0.25, -0.2) is 0 Å². The fraction of sp³-hybridized carbons (Fsp3) is 0.882. The first-order valence-corrected chi connectivity index (χ1v) is 8.92. The monoisotopic (exact) mass is 307 g/mol. The highest BCUT2D eigenvalue weighted by molar-refractivity contribution is 5.78. The predicted octanol–water partition coefficient (Wildman–Crippen LogP) is 1.33. The van der Waals surface area contributed by atoms with E-state index in [0.29, 0.717) is 24.4 Å². The summed E-state index contributed by atoms with van der Waals surface area (Å²) in [5, 5.41) is 0. The third-order valence-corrected chi connectivity index (χ3v) is 5.63. The van der Waals surface area contributed by atoms with Gasteiger partial charge in [-0.2, -0.15) is 0 Å². The topological polar surface area (TPSA) is 43.9 Å². The average molecular weight is 307 g/mol. The second-order valence-electron chi connectivity index (χ2n) is 7.15. The third kappa shape index (κ3) is 3.45. The number of hydrogen-bond donors (Lipinski definition) is 0. The van der Waals surface area contributed by atoms with Crippen molar-refractivity contribution in [3.05, 3.63) is 0 Å². The molecule has 124 valence electrons. The van der Waals surface area contributed by atoms with E-state index in [1.807, 2.05) is 0 Å². The number of hydrogen-bond acceptors (Lipinski definition) is 3. The lowest BCUT2D eigenvalue weighted by Crippen LogP contribution is -2.54. The second-order valence-corrected chi connectivity index (χ2v) is 7.15. The van der Waals surface area contributed by atoms with E-state index in [1.165, 1.54) is 19.3 Å². The Balaban J connectivity index is 1.59. The number of carbonyl (C=O) groups excluding carboxylic acids is 2. The quantitative estimate of drug-likeness (QED) is 0.773. The van der Waals surface area contributed by atoms with Crippen LogP contribution in [0.1, 0.15) is 45.4 Å². The fourth-order valence-electron chi connectivity index (χ4n) is 4.42. The standard InChI is InChI=1S/C17H29N3O2/c1-14(21)20-10-3-2-6-15-12-19(11-7-16(15)20)17(22)13-18-8-4-5-9-18/h15-16H,2-13H2,1H3/t15-,16+/m0/s1. The molecule has 0 radical (unpaired) electrons. The predicted molar refractivity (Wildman–Crippen MR) is 85.4 cm³/mol. The van der Waals surface area contributed by atoms with Crippen molar-refractivity contribution >= 4 is 11.8 Å². The number of amides is 2. The minimum atomic E-state index is 0.203. The molecule has 3 saturated heterocycles. The zero-order valence-electron chi connectivity index (χ0n) is 13.8. The summed E-state index contributed by atoms with van der Waals surface area (Å²) in [6.07, 6.45) is 6.85. The van der Waals surface area contributed by atoms with E-state index in [0.717, 1.165) is 52.0 Å². The molecule has 2 amide bonds. The van der Waals surface area contributed by atoms with Crippen molar-refractivity contribution in [1.29, 1.82) is 0 Å². The van der Waals surface area contributed by atoms with Gasteiger partial charge < -0.3 is 9.80 Å². The largest absolute Gasteiger partial charge is 0.341 e. The zero-order chi connectivity index (χ0) is 15.5. The average Bonchev–Trinajstić information content (AvgIpc) is 2.90. The van der Waals surface area contributed by atoms with Crippen LogP contribution in [0.2, 0.25) is 0 Å². The molecule has 5 nitrogen and oxygen atoms in total. The maximum absolute atomic E-state index is 12.5. The molecule has 3 aliphatic rings. The molecule has 5 heteroatoms. The highest BCUT2D eigenvalue weighted by Crippen LogP contribution is 2.30. The summed E-state index contributed by atoms with van der Waals surface area (Å²) in [6, 6.07) is 0.357. The van der Waals surface area contributed by atoms with E-state index in [1.54, 1.807) is 6.92 Å². The van der Waals surface area contributed by atoms with Crippen LogP contribution in [-0.4, -0.2) is 71.8 Å². The van der Waals surface area contributed by atoms with Gasteiger partial charge in [0.1, 0.15) is 0 Å². The van der Waals surface area contributed by atoms with Crippen molar-refractivity contribution in [2.75, 3.05) is 39.3 Å². The first-order chi connectivity index (χ1) is 10.6. The third-order valence-electron chi connectivity index (χ3n) is 5.63. The Kier molecular flexibility index (Phi) is 5.01. The number of nitrogens with zero attached hydrogens (tertiary/aromatic N) is 3. The van der Waals surface area contributed by atoms with Gasteiger partial charge in [0.05, 0.1) is 6.54 Å². The smallest absolute Gasteiger partial charge is 0.236 e. The number of carbonyl (C=O) groups is 2. The summed E-state index contributed by atoms with van der Waals surface area (Å²) in [5.41, 5.74) is 0. The highest BCUT2D eigenvalue weighted by Gasteiger charge is 2.37. The summed E-state index contributed by atoms with van der Waals surface area (Å²) in [5.74, 6) is 0.968.